The van der Waals surface area contributed by atoms with Gasteiger partial charge in [0.25, 0.3) is 0 Å². The molecule has 0 bridgehead atoms. The van der Waals surface area contributed by atoms with Crippen LogP contribution in [-0.2, 0) is 18.5 Å². The number of hydrogen-bond acceptors (Lipinski definition) is 5. The molecule has 0 spiro atoms. The number of nitrogens with one attached hydrogen (secondary N) is 1. The SMILES string of the molecule is CCCn1cc(CNc2nnc(C(C)(C)C)o2)cn1. The number of aryl methyl sites for hydroxylation is 1. The summed E-state index contributed by atoms with van der Waals surface area (Å²) in [4.78, 5) is 0. The summed E-state index contributed by atoms with van der Waals surface area (Å²) in [6, 6.07) is 0.452. The lowest BCUT2D eigenvalue weighted by molar-refractivity contribution is 0.399. The van der Waals surface area contributed by atoms with Crippen molar-refractivity contribution in [3.63, 3.8) is 0 Å². The quantitative estimate of drug-likeness (QED) is 0.898. The topological polar surface area (TPSA) is 68.8 Å². The van der Waals surface area contributed by atoms with Crippen LogP contribution in [0.4, 0.5) is 6.01 Å². The predicted octanol–water partition coefficient (Wildman–Crippen LogP) is 2.59. The second kappa shape index (κ2) is 5.42. The fourth-order valence-corrected chi connectivity index (χ4v) is 1.62. The smallest absolute Gasteiger partial charge is 0.315 e. The van der Waals surface area contributed by atoms with Crippen molar-refractivity contribution >= 4 is 6.01 Å². The summed E-state index contributed by atoms with van der Waals surface area (Å²) in [6.45, 7) is 9.83. The zero-order chi connectivity index (χ0) is 13.9. The molecule has 2 rings (SSSR count). The molecule has 104 valence electrons. The summed E-state index contributed by atoms with van der Waals surface area (Å²) in [5.41, 5.74) is 0.975. The van der Waals surface area contributed by atoms with Crippen molar-refractivity contribution in [3.05, 3.63) is 23.8 Å². The standard InChI is InChI=1S/C13H21N5O/c1-5-6-18-9-10(8-15-18)7-14-12-17-16-11(19-12)13(2,3)4/h8-9H,5-7H2,1-4H3,(H,14,17). The highest BCUT2D eigenvalue weighted by atomic mass is 16.4. The van der Waals surface area contributed by atoms with Gasteiger partial charge in [0.2, 0.25) is 5.89 Å². The lowest BCUT2D eigenvalue weighted by atomic mass is 9.97. The Balaban J connectivity index is 1.93. The van der Waals surface area contributed by atoms with E-state index in [2.05, 4.69) is 27.5 Å². The maximum atomic E-state index is 5.56. The van der Waals surface area contributed by atoms with Crippen molar-refractivity contribution in [2.45, 2.75) is 52.6 Å². The van der Waals surface area contributed by atoms with Gasteiger partial charge in [0.05, 0.1) is 6.20 Å². The van der Waals surface area contributed by atoms with Gasteiger partial charge in [-0.2, -0.15) is 5.10 Å². The first-order valence-corrected chi connectivity index (χ1v) is 6.58. The van der Waals surface area contributed by atoms with Crippen LogP contribution in [0.1, 0.15) is 45.6 Å². The molecule has 2 aromatic heterocycles. The molecule has 0 unspecified atom stereocenters. The molecule has 0 aliphatic heterocycles. The summed E-state index contributed by atoms with van der Waals surface area (Å²) < 4.78 is 7.50. The van der Waals surface area contributed by atoms with Gasteiger partial charge in [0, 0.05) is 30.3 Å². The Morgan fingerprint density at radius 2 is 2.11 bits per heavy atom. The lowest BCUT2D eigenvalue weighted by Crippen LogP contribution is -2.11. The van der Waals surface area contributed by atoms with Crippen LogP contribution in [0.15, 0.2) is 16.8 Å². The summed E-state index contributed by atoms with van der Waals surface area (Å²) in [5, 5.41) is 15.4. The Labute approximate surface area is 113 Å². The van der Waals surface area contributed by atoms with Gasteiger partial charge in [-0.1, -0.05) is 32.8 Å². The zero-order valence-electron chi connectivity index (χ0n) is 12.0. The largest absolute Gasteiger partial charge is 0.408 e. The number of anilines is 1. The highest BCUT2D eigenvalue weighted by Crippen LogP contribution is 2.22. The van der Waals surface area contributed by atoms with Gasteiger partial charge >= 0.3 is 6.01 Å². The van der Waals surface area contributed by atoms with Crippen LogP contribution in [0.2, 0.25) is 0 Å². The summed E-state index contributed by atoms with van der Waals surface area (Å²) in [7, 11) is 0. The van der Waals surface area contributed by atoms with Gasteiger partial charge in [0.15, 0.2) is 0 Å². The molecule has 0 aliphatic rings. The van der Waals surface area contributed by atoms with Crippen LogP contribution in [0.25, 0.3) is 0 Å². The summed E-state index contributed by atoms with van der Waals surface area (Å²) >= 11 is 0. The first-order chi connectivity index (χ1) is 8.99. The van der Waals surface area contributed by atoms with Gasteiger partial charge in [-0.25, -0.2) is 0 Å². The van der Waals surface area contributed by atoms with Crippen molar-refractivity contribution in [3.8, 4) is 0 Å². The van der Waals surface area contributed by atoms with E-state index in [1.807, 2.05) is 37.8 Å². The van der Waals surface area contributed by atoms with Crippen molar-refractivity contribution < 1.29 is 4.42 Å². The molecule has 0 fully saturated rings. The Kier molecular flexibility index (Phi) is 3.87. The second-order valence-corrected chi connectivity index (χ2v) is 5.63. The molecule has 19 heavy (non-hydrogen) atoms. The molecule has 6 nitrogen and oxygen atoms in total. The number of nitrogens with zero attached hydrogens (tertiary/aromatic N) is 4. The van der Waals surface area contributed by atoms with Gasteiger partial charge in [0.1, 0.15) is 0 Å². The van der Waals surface area contributed by atoms with E-state index in [1.165, 1.54) is 0 Å². The fraction of sp³-hybridized carbons (Fsp3) is 0.615. The Bertz CT molecular complexity index is 523. The number of hydrogen-bond donors (Lipinski definition) is 1. The molecule has 0 aromatic carbocycles. The minimum Gasteiger partial charge on any atom is -0.408 e. The molecular formula is C13H21N5O. The van der Waals surface area contributed by atoms with Crippen LogP contribution < -0.4 is 5.32 Å². The summed E-state index contributed by atoms with van der Waals surface area (Å²) in [6.07, 6.45) is 4.95. The van der Waals surface area contributed by atoms with Gasteiger partial charge in [-0.3, -0.25) is 4.68 Å². The van der Waals surface area contributed by atoms with E-state index < -0.39 is 0 Å². The molecule has 6 heteroatoms. The van der Waals surface area contributed by atoms with Gasteiger partial charge in [-0.15, -0.1) is 5.10 Å². The van der Waals surface area contributed by atoms with Gasteiger partial charge < -0.3 is 9.73 Å². The molecule has 0 aliphatic carbocycles. The molecule has 0 radical (unpaired) electrons. The van der Waals surface area contributed by atoms with Crippen molar-refractivity contribution in [1.82, 2.24) is 20.0 Å². The van der Waals surface area contributed by atoms with E-state index in [9.17, 15) is 0 Å². The molecule has 0 saturated heterocycles. The normalized spacial score (nSPS) is 11.8. The average Bonchev–Trinajstić information content (AvgIpc) is 2.94. The van der Waals surface area contributed by atoms with Crippen LogP contribution in [0, 0.1) is 0 Å². The molecule has 2 aromatic rings. The second-order valence-electron chi connectivity index (χ2n) is 5.63. The monoisotopic (exact) mass is 263 g/mol. The minimum absolute atomic E-state index is 0.126. The minimum atomic E-state index is -0.126. The molecular weight excluding hydrogens is 242 g/mol. The Morgan fingerprint density at radius 1 is 1.32 bits per heavy atom. The molecule has 1 N–H and O–H groups in total. The van der Waals surface area contributed by atoms with Crippen LogP contribution >= 0.6 is 0 Å². The van der Waals surface area contributed by atoms with Crippen molar-refractivity contribution in [1.29, 1.82) is 0 Å². The summed E-state index contributed by atoms with van der Waals surface area (Å²) in [5.74, 6) is 0.636. The third-order valence-corrected chi connectivity index (χ3v) is 2.65. The van der Waals surface area contributed by atoms with Crippen LogP contribution in [0.5, 0.6) is 0 Å². The van der Waals surface area contributed by atoms with Crippen LogP contribution in [-0.4, -0.2) is 20.0 Å². The van der Waals surface area contributed by atoms with Crippen molar-refractivity contribution in [2.24, 2.45) is 0 Å². The fourth-order valence-electron chi connectivity index (χ4n) is 1.62. The van der Waals surface area contributed by atoms with Gasteiger partial charge in [-0.05, 0) is 6.42 Å². The molecule has 0 atom stereocenters. The van der Waals surface area contributed by atoms with Crippen molar-refractivity contribution in [2.75, 3.05) is 5.32 Å². The molecule has 0 amide bonds. The number of rotatable bonds is 5. The highest BCUT2D eigenvalue weighted by Gasteiger charge is 2.21. The third-order valence-electron chi connectivity index (χ3n) is 2.65. The first kappa shape index (κ1) is 13.6. The predicted molar refractivity (Wildman–Crippen MR) is 72.8 cm³/mol. The maximum Gasteiger partial charge on any atom is 0.315 e. The average molecular weight is 263 g/mol. The molecule has 0 saturated carbocycles. The molecule has 2 heterocycles. The van der Waals surface area contributed by atoms with Crippen LogP contribution in [0.3, 0.4) is 0 Å². The first-order valence-electron chi connectivity index (χ1n) is 6.58. The van der Waals surface area contributed by atoms with E-state index >= 15 is 0 Å². The van der Waals surface area contributed by atoms with E-state index in [-0.39, 0.29) is 5.41 Å². The zero-order valence-corrected chi connectivity index (χ0v) is 12.0. The van der Waals surface area contributed by atoms with E-state index in [4.69, 9.17) is 4.42 Å². The Morgan fingerprint density at radius 3 is 2.74 bits per heavy atom. The maximum absolute atomic E-state index is 5.56. The lowest BCUT2D eigenvalue weighted by Gasteiger charge is -2.10. The Hall–Kier alpha value is -1.85. The van der Waals surface area contributed by atoms with E-state index in [1.54, 1.807) is 0 Å². The number of aromatic nitrogens is 4. The third kappa shape index (κ3) is 3.56. The highest BCUT2D eigenvalue weighted by molar-refractivity contribution is 5.21. The van der Waals surface area contributed by atoms with E-state index in [0.717, 1.165) is 18.5 Å². The van der Waals surface area contributed by atoms with E-state index in [0.29, 0.717) is 18.5 Å².